The number of anilines is 1. The summed E-state index contributed by atoms with van der Waals surface area (Å²) in [6.07, 6.45) is 7.07. The first-order valence-electron chi connectivity index (χ1n) is 8.94. The molecule has 130 valence electrons. The van der Waals surface area contributed by atoms with E-state index in [9.17, 15) is 9.59 Å². The van der Waals surface area contributed by atoms with Gasteiger partial charge in [0.2, 0.25) is 0 Å². The molecule has 1 aromatic rings. The Morgan fingerprint density at radius 1 is 1.17 bits per heavy atom. The van der Waals surface area contributed by atoms with Gasteiger partial charge in [0.25, 0.3) is 5.91 Å². The summed E-state index contributed by atoms with van der Waals surface area (Å²) >= 11 is 0. The van der Waals surface area contributed by atoms with E-state index < -0.39 is 5.97 Å². The highest BCUT2D eigenvalue weighted by atomic mass is 16.5. The third kappa shape index (κ3) is 3.55. The van der Waals surface area contributed by atoms with Gasteiger partial charge in [0, 0.05) is 25.3 Å². The van der Waals surface area contributed by atoms with Crippen LogP contribution < -0.4 is 5.32 Å². The number of carbonyl (C=O) groups excluding carboxylic acids is 2. The Hall–Kier alpha value is -2.04. The van der Waals surface area contributed by atoms with E-state index >= 15 is 0 Å². The molecule has 2 aliphatic rings. The molecule has 0 aromatic heterocycles. The highest BCUT2D eigenvalue weighted by molar-refractivity contribution is 5.96. The van der Waals surface area contributed by atoms with Gasteiger partial charge < -0.3 is 15.0 Å². The molecule has 0 spiro atoms. The molecule has 1 N–H and O–H groups in total. The van der Waals surface area contributed by atoms with Crippen molar-refractivity contribution in [1.82, 2.24) is 4.90 Å². The fraction of sp³-hybridized carbons (Fsp3) is 0.579. The first kappa shape index (κ1) is 16.8. The average Bonchev–Trinajstić information content (AvgIpc) is 2.65. The number of likely N-dealkylation sites (tertiary alicyclic amines) is 1. The van der Waals surface area contributed by atoms with Crippen LogP contribution in [0.2, 0.25) is 0 Å². The SMILES string of the molecule is CNc1ccccc1C(=O)OCC(=O)N1CCC[C@@H]2CCCC[C@H]21. The van der Waals surface area contributed by atoms with Gasteiger partial charge in [-0.3, -0.25) is 4.79 Å². The summed E-state index contributed by atoms with van der Waals surface area (Å²) in [4.78, 5) is 26.8. The lowest BCUT2D eigenvalue weighted by Crippen LogP contribution is -2.50. The molecule has 5 nitrogen and oxygen atoms in total. The molecule has 1 aliphatic carbocycles. The van der Waals surface area contributed by atoms with Crippen LogP contribution in [0.3, 0.4) is 0 Å². The molecule has 1 amide bonds. The van der Waals surface area contributed by atoms with E-state index in [1.807, 2.05) is 17.0 Å². The number of esters is 1. The summed E-state index contributed by atoms with van der Waals surface area (Å²) < 4.78 is 5.30. The fourth-order valence-electron chi connectivity index (χ4n) is 4.10. The van der Waals surface area contributed by atoms with E-state index in [0.29, 0.717) is 23.2 Å². The number of amides is 1. The minimum atomic E-state index is -0.453. The summed E-state index contributed by atoms with van der Waals surface area (Å²) in [5, 5.41) is 2.97. The minimum Gasteiger partial charge on any atom is -0.452 e. The molecule has 1 aromatic carbocycles. The third-order valence-corrected chi connectivity index (χ3v) is 5.31. The number of nitrogens with one attached hydrogen (secondary N) is 1. The smallest absolute Gasteiger partial charge is 0.340 e. The molecule has 0 radical (unpaired) electrons. The van der Waals surface area contributed by atoms with Crippen LogP contribution in [-0.2, 0) is 9.53 Å². The number of ether oxygens (including phenoxy) is 1. The summed E-state index contributed by atoms with van der Waals surface area (Å²) in [7, 11) is 1.76. The molecule has 0 unspecified atom stereocenters. The second-order valence-electron chi connectivity index (χ2n) is 6.71. The number of carbonyl (C=O) groups is 2. The van der Waals surface area contributed by atoms with Crippen LogP contribution in [-0.4, -0.2) is 43.0 Å². The van der Waals surface area contributed by atoms with Crippen molar-refractivity contribution in [2.24, 2.45) is 5.92 Å². The van der Waals surface area contributed by atoms with E-state index in [0.717, 1.165) is 19.4 Å². The zero-order valence-corrected chi connectivity index (χ0v) is 14.3. The van der Waals surface area contributed by atoms with E-state index in [2.05, 4.69) is 5.32 Å². The lowest BCUT2D eigenvalue weighted by molar-refractivity contribution is -0.140. The van der Waals surface area contributed by atoms with Gasteiger partial charge in [-0.1, -0.05) is 25.0 Å². The predicted octanol–water partition coefficient (Wildman–Crippen LogP) is 3.07. The van der Waals surface area contributed by atoms with Gasteiger partial charge in [0.1, 0.15) is 0 Å². The monoisotopic (exact) mass is 330 g/mol. The number of hydrogen-bond donors (Lipinski definition) is 1. The van der Waals surface area contributed by atoms with Crippen molar-refractivity contribution in [3.8, 4) is 0 Å². The molecule has 2 fully saturated rings. The first-order chi connectivity index (χ1) is 11.7. The van der Waals surface area contributed by atoms with Crippen LogP contribution in [0.15, 0.2) is 24.3 Å². The van der Waals surface area contributed by atoms with Crippen LogP contribution >= 0.6 is 0 Å². The van der Waals surface area contributed by atoms with Crippen molar-refractivity contribution in [1.29, 1.82) is 0 Å². The van der Waals surface area contributed by atoms with Gasteiger partial charge in [-0.2, -0.15) is 0 Å². The van der Waals surface area contributed by atoms with Crippen LogP contribution in [0, 0.1) is 5.92 Å². The normalized spacial score (nSPS) is 23.3. The summed E-state index contributed by atoms with van der Waals surface area (Å²) in [6.45, 7) is 0.630. The number of benzene rings is 1. The molecule has 1 aliphatic heterocycles. The highest BCUT2D eigenvalue weighted by Crippen LogP contribution is 2.35. The zero-order chi connectivity index (χ0) is 16.9. The predicted molar refractivity (Wildman–Crippen MR) is 93.0 cm³/mol. The van der Waals surface area contributed by atoms with Gasteiger partial charge >= 0.3 is 5.97 Å². The Bertz CT molecular complexity index is 600. The van der Waals surface area contributed by atoms with E-state index in [4.69, 9.17) is 4.74 Å². The molecular weight excluding hydrogens is 304 g/mol. The van der Waals surface area contributed by atoms with Gasteiger partial charge in [0.15, 0.2) is 6.61 Å². The molecule has 5 heteroatoms. The maximum absolute atomic E-state index is 12.6. The number of rotatable bonds is 4. The molecule has 1 heterocycles. The second-order valence-corrected chi connectivity index (χ2v) is 6.71. The van der Waals surface area contributed by atoms with Gasteiger partial charge in [0.05, 0.1) is 5.56 Å². The maximum Gasteiger partial charge on any atom is 0.340 e. The fourth-order valence-corrected chi connectivity index (χ4v) is 4.10. The van der Waals surface area contributed by atoms with Crippen LogP contribution in [0.25, 0.3) is 0 Å². The summed E-state index contributed by atoms with van der Waals surface area (Å²) in [5.74, 6) is 0.129. The molecular formula is C19H26N2O3. The van der Waals surface area contributed by atoms with Crippen molar-refractivity contribution >= 4 is 17.6 Å². The van der Waals surface area contributed by atoms with Crippen molar-refractivity contribution < 1.29 is 14.3 Å². The lowest BCUT2D eigenvalue weighted by atomic mass is 9.78. The maximum atomic E-state index is 12.6. The van der Waals surface area contributed by atoms with E-state index in [1.54, 1.807) is 19.2 Å². The minimum absolute atomic E-state index is 0.0538. The Labute approximate surface area is 143 Å². The number of nitrogens with zero attached hydrogens (tertiary/aromatic N) is 1. The summed E-state index contributed by atoms with van der Waals surface area (Å²) in [6, 6.07) is 7.51. The summed E-state index contributed by atoms with van der Waals surface area (Å²) in [5.41, 5.74) is 1.17. The second kappa shape index (κ2) is 7.69. The molecule has 24 heavy (non-hydrogen) atoms. The molecule has 2 atom stereocenters. The van der Waals surface area contributed by atoms with E-state index in [1.165, 1.54) is 25.7 Å². The van der Waals surface area contributed by atoms with Crippen molar-refractivity contribution in [2.75, 3.05) is 25.5 Å². The Balaban J connectivity index is 1.59. The van der Waals surface area contributed by atoms with Crippen LogP contribution in [0.4, 0.5) is 5.69 Å². The number of para-hydroxylation sites is 1. The third-order valence-electron chi connectivity index (χ3n) is 5.31. The Morgan fingerprint density at radius 3 is 2.75 bits per heavy atom. The van der Waals surface area contributed by atoms with Gasteiger partial charge in [-0.05, 0) is 43.7 Å². The van der Waals surface area contributed by atoms with Crippen LogP contribution in [0.5, 0.6) is 0 Å². The van der Waals surface area contributed by atoms with Gasteiger partial charge in [-0.15, -0.1) is 0 Å². The number of hydrogen-bond acceptors (Lipinski definition) is 4. The quantitative estimate of drug-likeness (QED) is 0.862. The Morgan fingerprint density at radius 2 is 1.92 bits per heavy atom. The topological polar surface area (TPSA) is 58.6 Å². The van der Waals surface area contributed by atoms with Crippen LogP contribution in [0.1, 0.15) is 48.9 Å². The largest absolute Gasteiger partial charge is 0.452 e. The van der Waals surface area contributed by atoms with Crippen molar-refractivity contribution in [3.05, 3.63) is 29.8 Å². The average molecular weight is 330 g/mol. The lowest BCUT2D eigenvalue weighted by Gasteiger charge is -2.44. The first-order valence-corrected chi connectivity index (χ1v) is 8.94. The van der Waals surface area contributed by atoms with Crippen molar-refractivity contribution in [2.45, 2.75) is 44.6 Å². The Kier molecular flexibility index (Phi) is 5.38. The molecule has 1 saturated carbocycles. The highest BCUT2D eigenvalue weighted by Gasteiger charge is 2.35. The molecule has 0 bridgehead atoms. The van der Waals surface area contributed by atoms with E-state index in [-0.39, 0.29) is 12.5 Å². The molecule has 1 saturated heterocycles. The zero-order valence-electron chi connectivity index (χ0n) is 14.3. The van der Waals surface area contributed by atoms with Gasteiger partial charge in [-0.25, -0.2) is 4.79 Å². The number of fused-ring (bicyclic) bond motifs is 1. The van der Waals surface area contributed by atoms with Crippen molar-refractivity contribution in [3.63, 3.8) is 0 Å². The number of piperidine rings is 1. The standard InChI is InChI=1S/C19H26N2O3/c1-20-16-10-4-3-9-15(16)19(23)24-13-18(22)21-12-6-8-14-7-2-5-11-17(14)21/h3-4,9-10,14,17,20H,2,5-8,11-13H2,1H3/t14-,17+/m0/s1. The molecule has 3 rings (SSSR count).